The number of esters is 1. The summed E-state index contributed by atoms with van der Waals surface area (Å²) in [7, 11) is 3.05. The lowest BCUT2D eigenvalue weighted by Gasteiger charge is -2.04. The minimum atomic E-state index is -0.212. The molecular formula is C15H18N2O3S. The number of methoxy groups -OCH3 is 2. The van der Waals surface area contributed by atoms with Crippen LogP contribution < -0.4 is 10.1 Å². The summed E-state index contributed by atoms with van der Waals surface area (Å²) in [6.45, 7) is 0.702. The van der Waals surface area contributed by atoms with Crippen LogP contribution in [-0.2, 0) is 22.5 Å². The number of rotatable bonds is 7. The minimum Gasteiger partial charge on any atom is -0.497 e. The number of carbonyl (C=O) groups excluding carboxylic acids is 1. The molecule has 6 heteroatoms. The number of hydrogen-bond donors (Lipinski definition) is 1. The molecule has 0 aliphatic heterocycles. The fourth-order valence-electron chi connectivity index (χ4n) is 1.76. The molecule has 1 aromatic carbocycles. The van der Waals surface area contributed by atoms with Crippen LogP contribution in [0.1, 0.15) is 17.7 Å². The predicted molar refractivity (Wildman–Crippen MR) is 82.8 cm³/mol. The Morgan fingerprint density at radius 2 is 2.05 bits per heavy atom. The number of aromatic nitrogens is 1. The largest absolute Gasteiger partial charge is 0.497 e. The highest BCUT2D eigenvalue weighted by atomic mass is 32.1. The molecule has 5 nitrogen and oxygen atoms in total. The molecule has 1 N–H and O–H groups in total. The van der Waals surface area contributed by atoms with E-state index in [1.165, 1.54) is 18.4 Å². The Morgan fingerprint density at radius 3 is 2.71 bits per heavy atom. The smallest absolute Gasteiger partial charge is 0.305 e. The topological polar surface area (TPSA) is 60.5 Å². The number of hydrogen-bond acceptors (Lipinski definition) is 6. The quantitative estimate of drug-likeness (QED) is 0.797. The lowest BCUT2D eigenvalue weighted by atomic mass is 10.2. The number of nitrogens with zero attached hydrogens (tertiary/aromatic N) is 1. The molecule has 0 atom stereocenters. The van der Waals surface area contributed by atoms with Gasteiger partial charge in [-0.25, -0.2) is 4.98 Å². The Morgan fingerprint density at radius 1 is 1.29 bits per heavy atom. The van der Waals surface area contributed by atoms with Gasteiger partial charge in [0.25, 0.3) is 0 Å². The Balaban J connectivity index is 1.83. The summed E-state index contributed by atoms with van der Waals surface area (Å²) in [4.78, 5) is 15.5. The van der Waals surface area contributed by atoms with Gasteiger partial charge < -0.3 is 14.8 Å². The first-order valence-corrected chi connectivity index (χ1v) is 7.47. The van der Waals surface area contributed by atoms with E-state index in [0.29, 0.717) is 19.4 Å². The van der Waals surface area contributed by atoms with Gasteiger partial charge >= 0.3 is 5.97 Å². The van der Waals surface area contributed by atoms with Crippen LogP contribution in [0.4, 0.5) is 5.13 Å². The van der Waals surface area contributed by atoms with E-state index in [9.17, 15) is 4.79 Å². The van der Waals surface area contributed by atoms with Crippen LogP contribution in [-0.4, -0.2) is 25.2 Å². The summed E-state index contributed by atoms with van der Waals surface area (Å²) in [6, 6.07) is 7.89. The van der Waals surface area contributed by atoms with Gasteiger partial charge in [0.05, 0.1) is 26.3 Å². The molecule has 112 valence electrons. The second-order valence-electron chi connectivity index (χ2n) is 4.42. The molecule has 0 aliphatic rings. The Hall–Kier alpha value is -2.08. The van der Waals surface area contributed by atoms with Gasteiger partial charge in [0.2, 0.25) is 0 Å². The van der Waals surface area contributed by atoms with E-state index in [1.807, 2.05) is 29.6 Å². The number of ether oxygens (including phenoxy) is 2. The molecule has 0 unspecified atom stereocenters. The van der Waals surface area contributed by atoms with Crippen molar-refractivity contribution in [2.75, 3.05) is 19.5 Å². The van der Waals surface area contributed by atoms with Crippen LogP contribution in [0.3, 0.4) is 0 Å². The fraction of sp³-hybridized carbons (Fsp3) is 0.333. The standard InChI is InChI=1S/C15H18N2O3S/c1-19-13-6-3-11(4-7-13)9-16-15-17-12(10-21-15)5-8-14(18)20-2/h3-4,6-7,10H,5,8-9H2,1-2H3,(H,16,17). The van der Waals surface area contributed by atoms with Gasteiger partial charge in [-0.1, -0.05) is 12.1 Å². The number of thiazole rings is 1. The van der Waals surface area contributed by atoms with Gasteiger partial charge in [-0.3, -0.25) is 4.79 Å². The highest BCUT2D eigenvalue weighted by Crippen LogP contribution is 2.18. The van der Waals surface area contributed by atoms with E-state index in [2.05, 4.69) is 15.0 Å². The summed E-state index contributed by atoms with van der Waals surface area (Å²) in [5, 5.41) is 6.08. The van der Waals surface area contributed by atoms with Crippen LogP contribution in [0.15, 0.2) is 29.6 Å². The van der Waals surface area contributed by atoms with Gasteiger partial charge in [-0.05, 0) is 17.7 Å². The summed E-state index contributed by atoms with van der Waals surface area (Å²) in [5.74, 6) is 0.633. The normalized spacial score (nSPS) is 10.2. The summed E-state index contributed by atoms with van der Waals surface area (Å²) in [5.41, 5.74) is 2.06. The Kier molecular flexibility index (Phi) is 5.57. The van der Waals surface area contributed by atoms with Crippen molar-refractivity contribution in [2.24, 2.45) is 0 Å². The molecule has 0 fully saturated rings. The number of nitrogens with one attached hydrogen (secondary N) is 1. The average molecular weight is 306 g/mol. The summed E-state index contributed by atoms with van der Waals surface area (Å²) in [6.07, 6.45) is 0.964. The molecular weight excluding hydrogens is 288 g/mol. The fourth-order valence-corrected chi connectivity index (χ4v) is 2.50. The number of benzene rings is 1. The Bertz CT molecular complexity index is 581. The third kappa shape index (κ3) is 4.75. The maximum atomic E-state index is 11.1. The highest BCUT2D eigenvalue weighted by molar-refractivity contribution is 7.13. The van der Waals surface area contributed by atoms with E-state index in [4.69, 9.17) is 4.74 Å². The van der Waals surface area contributed by atoms with Crippen LogP contribution in [0.5, 0.6) is 5.75 Å². The van der Waals surface area contributed by atoms with Gasteiger partial charge in [0.15, 0.2) is 5.13 Å². The van der Waals surface area contributed by atoms with Gasteiger partial charge in [-0.15, -0.1) is 11.3 Å². The van der Waals surface area contributed by atoms with Crippen molar-refractivity contribution in [1.82, 2.24) is 4.98 Å². The lowest BCUT2D eigenvalue weighted by Crippen LogP contribution is -2.02. The minimum absolute atomic E-state index is 0.212. The lowest BCUT2D eigenvalue weighted by molar-refractivity contribution is -0.140. The first kappa shape index (κ1) is 15.3. The average Bonchev–Trinajstić information content (AvgIpc) is 2.99. The van der Waals surface area contributed by atoms with Crippen LogP contribution in [0.2, 0.25) is 0 Å². The van der Waals surface area contributed by atoms with Gasteiger partial charge in [-0.2, -0.15) is 0 Å². The summed E-state index contributed by atoms with van der Waals surface area (Å²) >= 11 is 1.54. The molecule has 0 saturated heterocycles. The highest BCUT2D eigenvalue weighted by Gasteiger charge is 2.05. The van der Waals surface area contributed by atoms with Crippen molar-refractivity contribution in [1.29, 1.82) is 0 Å². The zero-order chi connectivity index (χ0) is 15.1. The molecule has 0 bridgehead atoms. The van der Waals surface area contributed by atoms with Crippen molar-refractivity contribution in [3.63, 3.8) is 0 Å². The molecule has 2 rings (SSSR count). The predicted octanol–water partition coefficient (Wildman–Crippen LogP) is 2.87. The number of anilines is 1. The Labute approximate surface area is 127 Å². The first-order chi connectivity index (χ1) is 10.2. The molecule has 2 aromatic rings. The van der Waals surface area contributed by atoms with Crippen LogP contribution >= 0.6 is 11.3 Å². The molecule has 0 radical (unpaired) electrons. The van der Waals surface area contributed by atoms with E-state index in [1.54, 1.807) is 7.11 Å². The van der Waals surface area contributed by atoms with Gasteiger partial charge in [0.1, 0.15) is 5.75 Å². The maximum Gasteiger partial charge on any atom is 0.305 e. The maximum absolute atomic E-state index is 11.1. The van der Waals surface area contributed by atoms with E-state index in [-0.39, 0.29) is 5.97 Å². The molecule has 21 heavy (non-hydrogen) atoms. The van der Waals surface area contributed by atoms with Crippen molar-refractivity contribution >= 4 is 22.4 Å². The zero-order valence-corrected chi connectivity index (χ0v) is 12.9. The molecule has 0 amide bonds. The molecule has 1 heterocycles. The molecule has 0 aliphatic carbocycles. The second-order valence-corrected chi connectivity index (χ2v) is 5.28. The van der Waals surface area contributed by atoms with Crippen molar-refractivity contribution in [3.8, 4) is 5.75 Å². The summed E-state index contributed by atoms with van der Waals surface area (Å²) < 4.78 is 9.74. The number of aryl methyl sites for hydroxylation is 1. The van der Waals surface area contributed by atoms with E-state index >= 15 is 0 Å². The first-order valence-electron chi connectivity index (χ1n) is 6.59. The van der Waals surface area contributed by atoms with Gasteiger partial charge in [0, 0.05) is 18.3 Å². The zero-order valence-electron chi connectivity index (χ0n) is 12.1. The monoisotopic (exact) mass is 306 g/mol. The van der Waals surface area contributed by atoms with Crippen LogP contribution in [0.25, 0.3) is 0 Å². The van der Waals surface area contributed by atoms with Crippen LogP contribution in [0, 0.1) is 0 Å². The molecule has 0 spiro atoms. The van der Waals surface area contributed by atoms with E-state index < -0.39 is 0 Å². The number of carbonyl (C=O) groups is 1. The molecule has 1 aromatic heterocycles. The van der Waals surface area contributed by atoms with Crippen molar-refractivity contribution in [3.05, 3.63) is 40.9 Å². The van der Waals surface area contributed by atoms with Crippen molar-refractivity contribution in [2.45, 2.75) is 19.4 Å². The van der Waals surface area contributed by atoms with Crippen molar-refractivity contribution < 1.29 is 14.3 Å². The third-order valence-corrected chi connectivity index (χ3v) is 3.82. The van der Waals surface area contributed by atoms with E-state index in [0.717, 1.165) is 22.1 Å². The third-order valence-electron chi connectivity index (χ3n) is 2.97. The molecule has 0 saturated carbocycles. The second kappa shape index (κ2) is 7.64. The SMILES string of the molecule is COC(=O)CCc1csc(NCc2ccc(OC)cc2)n1.